The summed E-state index contributed by atoms with van der Waals surface area (Å²) in [6.45, 7) is 0.991. The first-order valence-corrected chi connectivity index (χ1v) is 6.40. The molecule has 1 aromatic carbocycles. The van der Waals surface area contributed by atoms with E-state index in [-0.39, 0.29) is 12.4 Å². The average Bonchev–Trinajstić information content (AvgIpc) is 2.50. The van der Waals surface area contributed by atoms with E-state index in [1.54, 1.807) is 12.4 Å². The second-order valence-corrected chi connectivity index (χ2v) is 4.37. The first kappa shape index (κ1) is 14.2. The minimum absolute atomic E-state index is 0.244. The van der Waals surface area contributed by atoms with Crippen LogP contribution in [0.3, 0.4) is 0 Å². The van der Waals surface area contributed by atoms with Crippen molar-refractivity contribution in [1.29, 1.82) is 0 Å². The molecule has 0 amide bonds. The maximum Gasteiger partial charge on any atom is 0.309 e. The van der Waals surface area contributed by atoms with Crippen LogP contribution in [0, 0.1) is 0 Å². The monoisotopic (exact) mass is 271 g/mol. The van der Waals surface area contributed by atoms with E-state index in [1.807, 2.05) is 36.4 Å². The summed E-state index contributed by atoms with van der Waals surface area (Å²) in [4.78, 5) is 15.3. The summed E-state index contributed by atoms with van der Waals surface area (Å²) in [5.74, 6) is -0.244. The Hall–Kier alpha value is -2.20. The molecule has 0 saturated heterocycles. The Bertz CT molecular complexity index is 555. The fourth-order valence-electron chi connectivity index (χ4n) is 1.86. The SMILES string of the molecule is COC(=O)Cc1ccccc1COCc1ccncc1. The second kappa shape index (κ2) is 7.40. The third-order valence-electron chi connectivity index (χ3n) is 2.96. The van der Waals surface area contributed by atoms with Crippen molar-refractivity contribution in [2.75, 3.05) is 7.11 Å². The van der Waals surface area contributed by atoms with Crippen molar-refractivity contribution in [2.45, 2.75) is 19.6 Å². The number of hydrogen-bond donors (Lipinski definition) is 0. The number of ether oxygens (including phenoxy) is 2. The quantitative estimate of drug-likeness (QED) is 0.757. The van der Waals surface area contributed by atoms with Gasteiger partial charge in [0.15, 0.2) is 0 Å². The van der Waals surface area contributed by atoms with Gasteiger partial charge < -0.3 is 9.47 Å². The molecule has 20 heavy (non-hydrogen) atoms. The lowest BCUT2D eigenvalue weighted by molar-refractivity contribution is -0.139. The number of nitrogens with zero attached hydrogens (tertiary/aromatic N) is 1. The van der Waals surface area contributed by atoms with Crippen LogP contribution in [0.25, 0.3) is 0 Å². The minimum Gasteiger partial charge on any atom is -0.469 e. The predicted molar refractivity (Wildman–Crippen MR) is 74.9 cm³/mol. The van der Waals surface area contributed by atoms with Crippen molar-refractivity contribution >= 4 is 5.97 Å². The molecule has 0 bridgehead atoms. The molecule has 104 valence electrons. The van der Waals surface area contributed by atoms with Crippen molar-refractivity contribution in [3.63, 3.8) is 0 Å². The zero-order valence-electron chi connectivity index (χ0n) is 11.4. The van der Waals surface area contributed by atoms with E-state index in [1.165, 1.54) is 7.11 Å². The average molecular weight is 271 g/mol. The van der Waals surface area contributed by atoms with Crippen LogP contribution in [0.4, 0.5) is 0 Å². The van der Waals surface area contributed by atoms with Gasteiger partial charge in [0, 0.05) is 12.4 Å². The van der Waals surface area contributed by atoms with Crippen molar-refractivity contribution in [3.8, 4) is 0 Å². The standard InChI is InChI=1S/C16H17NO3/c1-19-16(18)10-14-4-2-3-5-15(14)12-20-11-13-6-8-17-9-7-13/h2-9H,10-12H2,1H3. The van der Waals surface area contributed by atoms with E-state index in [0.29, 0.717) is 13.2 Å². The molecule has 0 radical (unpaired) electrons. The summed E-state index contributed by atoms with van der Waals surface area (Å²) in [5.41, 5.74) is 3.02. The fraction of sp³-hybridized carbons (Fsp3) is 0.250. The molecular formula is C16H17NO3. The molecule has 0 unspecified atom stereocenters. The Balaban J connectivity index is 1.94. The van der Waals surface area contributed by atoms with Crippen LogP contribution >= 0.6 is 0 Å². The lowest BCUT2D eigenvalue weighted by atomic mass is 10.1. The maximum absolute atomic E-state index is 11.4. The number of aromatic nitrogens is 1. The summed E-state index contributed by atoms with van der Waals surface area (Å²) in [6, 6.07) is 11.6. The Morgan fingerprint density at radius 1 is 1.05 bits per heavy atom. The van der Waals surface area contributed by atoms with Gasteiger partial charge in [-0.1, -0.05) is 24.3 Å². The molecule has 2 aromatic rings. The maximum atomic E-state index is 11.4. The molecule has 0 aliphatic carbocycles. The summed E-state index contributed by atoms with van der Waals surface area (Å²) in [5, 5.41) is 0. The van der Waals surface area contributed by atoms with Crippen molar-refractivity contribution in [3.05, 3.63) is 65.5 Å². The normalized spacial score (nSPS) is 10.2. The molecule has 0 spiro atoms. The summed E-state index contributed by atoms with van der Waals surface area (Å²) in [7, 11) is 1.39. The predicted octanol–water partition coefficient (Wildman–Crippen LogP) is 2.51. The lowest BCUT2D eigenvalue weighted by Gasteiger charge is -2.09. The highest BCUT2D eigenvalue weighted by Gasteiger charge is 2.07. The number of benzene rings is 1. The third-order valence-corrected chi connectivity index (χ3v) is 2.96. The van der Waals surface area contributed by atoms with Crippen LogP contribution in [-0.2, 0) is 33.9 Å². The second-order valence-electron chi connectivity index (χ2n) is 4.37. The van der Waals surface area contributed by atoms with Gasteiger partial charge in [-0.25, -0.2) is 0 Å². The Morgan fingerprint density at radius 3 is 2.45 bits per heavy atom. The molecule has 4 heteroatoms. The Labute approximate surface area is 118 Å². The van der Waals surface area contributed by atoms with Crippen LogP contribution < -0.4 is 0 Å². The molecule has 0 saturated carbocycles. The van der Waals surface area contributed by atoms with E-state index in [4.69, 9.17) is 9.47 Å². The van der Waals surface area contributed by atoms with Gasteiger partial charge in [-0.05, 0) is 28.8 Å². The molecule has 4 nitrogen and oxygen atoms in total. The van der Waals surface area contributed by atoms with Gasteiger partial charge in [0.1, 0.15) is 0 Å². The minimum atomic E-state index is -0.244. The smallest absolute Gasteiger partial charge is 0.309 e. The fourth-order valence-corrected chi connectivity index (χ4v) is 1.86. The van der Waals surface area contributed by atoms with E-state index in [0.717, 1.165) is 16.7 Å². The number of carbonyl (C=O) groups excluding carboxylic acids is 1. The van der Waals surface area contributed by atoms with Gasteiger partial charge in [-0.2, -0.15) is 0 Å². The lowest BCUT2D eigenvalue weighted by Crippen LogP contribution is -2.07. The first-order valence-electron chi connectivity index (χ1n) is 6.40. The van der Waals surface area contributed by atoms with E-state index < -0.39 is 0 Å². The molecule has 0 atom stereocenters. The van der Waals surface area contributed by atoms with Gasteiger partial charge in [0.25, 0.3) is 0 Å². The van der Waals surface area contributed by atoms with Gasteiger partial charge in [0.05, 0.1) is 26.7 Å². The number of esters is 1. The summed E-state index contributed by atoms with van der Waals surface area (Å²) >= 11 is 0. The van der Waals surface area contributed by atoms with Crippen molar-refractivity contribution in [2.24, 2.45) is 0 Å². The van der Waals surface area contributed by atoms with Crippen LogP contribution in [0.2, 0.25) is 0 Å². The Kier molecular flexibility index (Phi) is 5.26. The van der Waals surface area contributed by atoms with Crippen LogP contribution in [-0.4, -0.2) is 18.1 Å². The number of carbonyl (C=O) groups is 1. The van der Waals surface area contributed by atoms with E-state index in [2.05, 4.69) is 4.98 Å². The van der Waals surface area contributed by atoms with Crippen LogP contribution in [0.15, 0.2) is 48.8 Å². The third kappa shape index (κ3) is 4.17. The molecule has 0 aliphatic rings. The number of hydrogen-bond acceptors (Lipinski definition) is 4. The van der Waals surface area contributed by atoms with Crippen LogP contribution in [0.1, 0.15) is 16.7 Å². The first-order chi connectivity index (χ1) is 9.79. The zero-order valence-corrected chi connectivity index (χ0v) is 11.4. The topological polar surface area (TPSA) is 48.4 Å². The molecule has 0 fully saturated rings. The highest BCUT2D eigenvalue weighted by atomic mass is 16.5. The summed E-state index contributed by atoms with van der Waals surface area (Å²) in [6.07, 6.45) is 3.75. The van der Waals surface area contributed by atoms with E-state index in [9.17, 15) is 4.79 Å². The van der Waals surface area contributed by atoms with Gasteiger partial charge in [-0.15, -0.1) is 0 Å². The molecular weight excluding hydrogens is 254 g/mol. The number of rotatable bonds is 6. The molecule has 1 aromatic heterocycles. The molecule has 1 heterocycles. The summed E-state index contributed by atoms with van der Waals surface area (Å²) < 4.78 is 10.4. The van der Waals surface area contributed by atoms with Crippen molar-refractivity contribution < 1.29 is 14.3 Å². The number of pyridine rings is 1. The molecule has 0 N–H and O–H groups in total. The van der Waals surface area contributed by atoms with Gasteiger partial charge in [-0.3, -0.25) is 9.78 Å². The highest BCUT2D eigenvalue weighted by molar-refractivity contribution is 5.72. The highest BCUT2D eigenvalue weighted by Crippen LogP contribution is 2.12. The van der Waals surface area contributed by atoms with Gasteiger partial charge >= 0.3 is 5.97 Å². The zero-order chi connectivity index (χ0) is 14.2. The molecule has 2 rings (SSSR count). The Morgan fingerprint density at radius 2 is 1.75 bits per heavy atom. The largest absolute Gasteiger partial charge is 0.469 e. The van der Waals surface area contributed by atoms with Crippen molar-refractivity contribution in [1.82, 2.24) is 4.98 Å². The van der Waals surface area contributed by atoms with E-state index >= 15 is 0 Å². The van der Waals surface area contributed by atoms with Gasteiger partial charge in [0.2, 0.25) is 0 Å². The molecule has 0 aliphatic heterocycles. The van der Waals surface area contributed by atoms with Crippen LogP contribution in [0.5, 0.6) is 0 Å². The number of methoxy groups -OCH3 is 1.